The van der Waals surface area contributed by atoms with Crippen LogP contribution in [0.15, 0.2) is 48.0 Å². The molecule has 1 N–H and O–H groups in total. The molecule has 1 fully saturated rings. The van der Waals surface area contributed by atoms with Gasteiger partial charge < -0.3 is 10.1 Å². The second-order valence-electron chi connectivity index (χ2n) is 5.72. The molecule has 0 radical (unpaired) electrons. The fraction of sp³-hybridized carbons (Fsp3) is 0.353. The van der Waals surface area contributed by atoms with Crippen LogP contribution in [0.5, 0.6) is 0 Å². The maximum atomic E-state index is 13.0. The lowest BCUT2D eigenvalue weighted by Crippen LogP contribution is -2.24. The van der Waals surface area contributed by atoms with Gasteiger partial charge in [-0.25, -0.2) is 4.39 Å². The first-order valence-corrected chi connectivity index (χ1v) is 7.71. The molecule has 23 heavy (non-hydrogen) atoms. The van der Waals surface area contributed by atoms with Crippen molar-refractivity contribution in [3.8, 4) is 0 Å². The van der Waals surface area contributed by atoms with E-state index < -0.39 is 0 Å². The zero-order valence-electron chi connectivity index (χ0n) is 12.8. The van der Waals surface area contributed by atoms with Gasteiger partial charge in [0, 0.05) is 44.0 Å². The minimum atomic E-state index is -0.294. The second-order valence-corrected chi connectivity index (χ2v) is 5.72. The Labute approximate surface area is 134 Å². The Balaban J connectivity index is 1.55. The maximum Gasteiger partial charge on any atom is 0.123 e. The Morgan fingerprint density at radius 1 is 1.30 bits per heavy atom. The molecule has 0 spiro atoms. The number of benzene rings is 1. The van der Waals surface area contributed by atoms with Gasteiger partial charge in [0.1, 0.15) is 5.82 Å². The molecule has 0 amide bonds. The summed E-state index contributed by atoms with van der Waals surface area (Å²) in [6, 6.07) is 6.02. The molecule has 3 rings (SSSR count). The van der Waals surface area contributed by atoms with E-state index in [2.05, 4.69) is 20.0 Å². The molecule has 2 aromatic rings. The molecular formula is C17H19FN4O. The first-order valence-electron chi connectivity index (χ1n) is 7.71. The van der Waals surface area contributed by atoms with Crippen molar-refractivity contribution in [1.29, 1.82) is 0 Å². The zero-order chi connectivity index (χ0) is 16.1. The number of nitrogens with zero attached hydrogens (tertiary/aromatic N) is 4. The summed E-state index contributed by atoms with van der Waals surface area (Å²) in [4.78, 5) is 10.8. The van der Waals surface area contributed by atoms with Crippen LogP contribution in [0.4, 0.5) is 4.39 Å². The van der Waals surface area contributed by atoms with E-state index >= 15 is 0 Å². The van der Waals surface area contributed by atoms with E-state index in [1.165, 1.54) is 12.1 Å². The molecule has 1 saturated heterocycles. The van der Waals surface area contributed by atoms with Gasteiger partial charge in [-0.2, -0.15) is 0 Å². The van der Waals surface area contributed by atoms with E-state index in [1.54, 1.807) is 24.5 Å². The average molecular weight is 314 g/mol. The van der Waals surface area contributed by atoms with Crippen LogP contribution >= 0.6 is 0 Å². The Hall–Kier alpha value is -2.34. The van der Waals surface area contributed by atoms with Gasteiger partial charge in [-0.15, -0.1) is 0 Å². The van der Waals surface area contributed by atoms with Crippen LogP contribution in [0.1, 0.15) is 30.0 Å². The van der Waals surface area contributed by atoms with Crippen LogP contribution in [-0.2, 0) is 0 Å². The third kappa shape index (κ3) is 3.90. The van der Waals surface area contributed by atoms with Crippen molar-refractivity contribution in [3.05, 3.63) is 59.9 Å². The summed E-state index contributed by atoms with van der Waals surface area (Å²) in [5, 5.41) is 12.6. The van der Waals surface area contributed by atoms with Gasteiger partial charge in [0.2, 0.25) is 0 Å². The molecule has 0 aliphatic carbocycles. The molecule has 2 heterocycles. The highest BCUT2D eigenvalue weighted by molar-refractivity contribution is 6.00. The Bertz CT molecular complexity index is 660. The van der Waals surface area contributed by atoms with Crippen LogP contribution in [0.2, 0.25) is 0 Å². The average Bonchev–Trinajstić information content (AvgIpc) is 3.07. The lowest BCUT2D eigenvalue weighted by molar-refractivity contribution is 0.312. The van der Waals surface area contributed by atoms with Crippen LogP contribution < -0.4 is 0 Å². The molecule has 1 aromatic heterocycles. The summed E-state index contributed by atoms with van der Waals surface area (Å²) in [5.41, 5.74) is 2.36. The van der Waals surface area contributed by atoms with Crippen LogP contribution in [0.25, 0.3) is 0 Å². The number of hydrogen-bond donors (Lipinski definition) is 1. The van der Waals surface area contributed by atoms with Crippen molar-refractivity contribution < 1.29 is 9.60 Å². The van der Waals surface area contributed by atoms with E-state index in [1.807, 2.05) is 6.20 Å². The Morgan fingerprint density at radius 3 is 2.83 bits per heavy atom. The first kappa shape index (κ1) is 15.6. The van der Waals surface area contributed by atoms with Gasteiger partial charge in [0.05, 0.1) is 11.4 Å². The number of aromatic nitrogens is 2. The number of oxime groups is 1. The predicted octanol–water partition coefficient (Wildman–Crippen LogP) is 2.67. The lowest BCUT2D eigenvalue weighted by atomic mass is 10.1. The number of likely N-dealkylation sites (tertiary alicyclic amines) is 1. The lowest BCUT2D eigenvalue weighted by Gasteiger charge is -2.16. The third-order valence-corrected chi connectivity index (χ3v) is 4.24. The van der Waals surface area contributed by atoms with Gasteiger partial charge in [0.25, 0.3) is 0 Å². The quantitative estimate of drug-likeness (QED) is 0.523. The van der Waals surface area contributed by atoms with E-state index in [4.69, 9.17) is 0 Å². The van der Waals surface area contributed by atoms with Crippen molar-refractivity contribution in [1.82, 2.24) is 14.9 Å². The molecule has 1 aromatic carbocycles. The molecule has 6 heteroatoms. The van der Waals surface area contributed by atoms with Crippen molar-refractivity contribution in [3.63, 3.8) is 0 Å². The fourth-order valence-corrected chi connectivity index (χ4v) is 2.96. The summed E-state index contributed by atoms with van der Waals surface area (Å²) >= 11 is 0. The summed E-state index contributed by atoms with van der Waals surface area (Å²) in [7, 11) is 0. The van der Waals surface area contributed by atoms with Crippen LogP contribution in [-0.4, -0.2) is 45.4 Å². The standard InChI is InChI=1S/C17H19FN4O/c18-15-3-1-13(2-4-15)16(21-23)6-10-22-9-5-14(12-22)17-11-19-7-8-20-17/h1-4,7-8,11,14,23H,5-6,9-10,12H2/b21-16+. The second kappa shape index (κ2) is 7.28. The molecule has 1 aliphatic rings. The van der Waals surface area contributed by atoms with Crippen LogP contribution in [0, 0.1) is 5.82 Å². The highest BCUT2D eigenvalue weighted by Crippen LogP contribution is 2.25. The minimum Gasteiger partial charge on any atom is -0.411 e. The monoisotopic (exact) mass is 314 g/mol. The van der Waals surface area contributed by atoms with Crippen molar-refractivity contribution in [2.45, 2.75) is 18.8 Å². The maximum absolute atomic E-state index is 13.0. The minimum absolute atomic E-state index is 0.294. The smallest absolute Gasteiger partial charge is 0.123 e. The molecule has 120 valence electrons. The fourth-order valence-electron chi connectivity index (χ4n) is 2.96. The van der Waals surface area contributed by atoms with Crippen molar-refractivity contribution in [2.24, 2.45) is 5.16 Å². The van der Waals surface area contributed by atoms with E-state index in [-0.39, 0.29) is 5.82 Å². The number of halogens is 1. The summed E-state index contributed by atoms with van der Waals surface area (Å²) in [6.45, 7) is 2.72. The van der Waals surface area contributed by atoms with E-state index in [0.29, 0.717) is 18.1 Å². The van der Waals surface area contributed by atoms with E-state index in [9.17, 15) is 9.60 Å². The molecule has 0 bridgehead atoms. The molecule has 1 aliphatic heterocycles. The topological polar surface area (TPSA) is 61.6 Å². The van der Waals surface area contributed by atoms with E-state index in [0.717, 1.165) is 37.3 Å². The van der Waals surface area contributed by atoms with Crippen LogP contribution in [0.3, 0.4) is 0 Å². The molecule has 0 saturated carbocycles. The largest absolute Gasteiger partial charge is 0.411 e. The first-order chi connectivity index (χ1) is 11.3. The zero-order valence-corrected chi connectivity index (χ0v) is 12.8. The van der Waals surface area contributed by atoms with Gasteiger partial charge in [-0.1, -0.05) is 17.3 Å². The molecule has 1 unspecified atom stereocenters. The number of rotatable bonds is 5. The highest BCUT2D eigenvalue weighted by atomic mass is 19.1. The summed E-state index contributed by atoms with van der Waals surface area (Å²) < 4.78 is 13.0. The van der Waals surface area contributed by atoms with Gasteiger partial charge in [-0.3, -0.25) is 9.97 Å². The molecule has 5 nitrogen and oxygen atoms in total. The van der Waals surface area contributed by atoms with Gasteiger partial charge in [0.15, 0.2) is 0 Å². The summed E-state index contributed by atoms with van der Waals surface area (Å²) in [5.74, 6) is 0.112. The number of hydrogen-bond acceptors (Lipinski definition) is 5. The van der Waals surface area contributed by atoms with Gasteiger partial charge in [-0.05, 0) is 30.7 Å². The Morgan fingerprint density at radius 2 is 2.13 bits per heavy atom. The Kier molecular flexibility index (Phi) is 4.92. The highest BCUT2D eigenvalue weighted by Gasteiger charge is 2.25. The normalized spacial score (nSPS) is 19.2. The predicted molar refractivity (Wildman–Crippen MR) is 85.2 cm³/mol. The molecule has 1 atom stereocenters. The van der Waals surface area contributed by atoms with Crippen molar-refractivity contribution in [2.75, 3.05) is 19.6 Å². The van der Waals surface area contributed by atoms with Gasteiger partial charge >= 0.3 is 0 Å². The SMILES string of the molecule is O/N=C(\CCN1CCC(c2cnccn2)C1)c1ccc(F)cc1. The third-order valence-electron chi connectivity index (χ3n) is 4.24. The van der Waals surface area contributed by atoms with Crippen molar-refractivity contribution >= 4 is 5.71 Å². The molecular weight excluding hydrogens is 295 g/mol. The summed E-state index contributed by atoms with van der Waals surface area (Å²) in [6.07, 6.45) is 6.91.